The SMILES string of the molecule is Cc1ccc(Nc2cccc(O)c2C)cc1. The summed E-state index contributed by atoms with van der Waals surface area (Å²) in [5, 5.41) is 12.9. The van der Waals surface area contributed by atoms with Gasteiger partial charge in [0.2, 0.25) is 0 Å². The lowest BCUT2D eigenvalue weighted by Crippen LogP contribution is -1.92. The quantitative estimate of drug-likeness (QED) is 0.796. The third-order valence-electron chi connectivity index (χ3n) is 2.64. The molecule has 0 amide bonds. The van der Waals surface area contributed by atoms with Crippen molar-refractivity contribution in [2.45, 2.75) is 13.8 Å². The fourth-order valence-corrected chi connectivity index (χ4v) is 1.55. The maximum Gasteiger partial charge on any atom is 0.120 e. The Morgan fingerprint density at radius 3 is 2.31 bits per heavy atom. The molecule has 2 N–H and O–H groups in total. The lowest BCUT2D eigenvalue weighted by Gasteiger charge is -2.10. The summed E-state index contributed by atoms with van der Waals surface area (Å²) in [5.74, 6) is 0.317. The predicted molar refractivity (Wildman–Crippen MR) is 67.3 cm³/mol. The van der Waals surface area contributed by atoms with Crippen LogP contribution in [0.2, 0.25) is 0 Å². The molecule has 2 heteroatoms. The fourth-order valence-electron chi connectivity index (χ4n) is 1.55. The molecule has 0 aliphatic rings. The molecule has 0 saturated carbocycles. The summed E-state index contributed by atoms with van der Waals surface area (Å²) in [7, 11) is 0. The average molecular weight is 213 g/mol. The van der Waals surface area contributed by atoms with Gasteiger partial charge in [-0.2, -0.15) is 0 Å². The number of aryl methyl sites for hydroxylation is 1. The molecule has 0 aliphatic heterocycles. The van der Waals surface area contributed by atoms with Crippen LogP contribution in [-0.4, -0.2) is 5.11 Å². The van der Waals surface area contributed by atoms with E-state index in [0.717, 1.165) is 16.9 Å². The number of nitrogens with one attached hydrogen (secondary N) is 1. The number of hydrogen-bond acceptors (Lipinski definition) is 2. The molecule has 82 valence electrons. The molecule has 0 saturated heterocycles. The van der Waals surface area contributed by atoms with E-state index in [-0.39, 0.29) is 0 Å². The van der Waals surface area contributed by atoms with Gasteiger partial charge in [-0.05, 0) is 38.1 Å². The number of benzene rings is 2. The van der Waals surface area contributed by atoms with E-state index in [2.05, 4.69) is 24.4 Å². The number of hydrogen-bond donors (Lipinski definition) is 2. The van der Waals surface area contributed by atoms with Gasteiger partial charge < -0.3 is 10.4 Å². The predicted octanol–water partition coefficient (Wildman–Crippen LogP) is 3.75. The molecule has 16 heavy (non-hydrogen) atoms. The third kappa shape index (κ3) is 2.16. The molecule has 0 fully saturated rings. The molecule has 2 aromatic rings. The molecule has 0 aliphatic carbocycles. The van der Waals surface area contributed by atoms with Crippen LogP contribution in [0.1, 0.15) is 11.1 Å². The monoisotopic (exact) mass is 213 g/mol. The fraction of sp³-hybridized carbons (Fsp3) is 0.143. The van der Waals surface area contributed by atoms with Gasteiger partial charge in [-0.1, -0.05) is 23.8 Å². The van der Waals surface area contributed by atoms with Crippen molar-refractivity contribution < 1.29 is 5.11 Å². The van der Waals surface area contributed by atoms with E-state index >= 15 is 0 Å². The Hall–Kier alpha value is -1.96. The van der Waals surface area contributed by atoms with E-state index in [1.165, 1.54) is 5.56 Å². The van der Waals surface area contributed by atoms with E-state index in [1.54, 1.807) is 6.07 Å². The van der Waals surface area contributed by atoms with Crippen LogP contribution in [0.3, 0.4) is 0 Å². The highest BCUT2D eigenvalue weighted by Gasteiger charge is 2.02. The van der Waals surface area contributed by atoms with Crippen LogP contribution in [-0.2, 0) is 0 Å². The maximum atomic E-state index is 9.58. The molecule has 0 unspecified atom stereocenters. The lowest BCUT2D eigenvalue weighted by atomic mass is 10.1. The zero-order chi connectivity index (χ0) is 11.5. The zero-order valence-electron chi connectivity index (χ0n) is 9.49. The van der Waals surface area contributed by atoms with Crippen molar-refractivity contribution in [2.75, 3.05) is 5.32 Å². The minimum absolute atomic E-state index is 0.317. The molecule has 0 heterocycles. The molecule has 0 atom stereocenters. The van der Waals surface area contributed by atoms with E-state index in [0.29, 0.717) is 5.75 Å². The molecule has 2 nitrogen and oxygen atoms in total. The van der Waals surface area contributed by atoms with Crippen LogP contribution >= 0.6 is 0 Å². The van der Waals surface area contributed by atoms with E-state index < -0.39 is 0 Å². The highest BCUT2D eigenvalue weighted by molar-refractivity contribution is 5.65. The second kappa shape index (κ2) is 4.27. The molecular formula is C14H15NO. The van der Waals surface area contributed by atoms with Gasteiger partial charge in [0.05, 0.1) is 0 Å². The van der Waals surface area contributed by atoms with E-state index in [9.17, 15) is 5.11 Å². The lowest BCUT2D eigenvalue weighted by molar-refractivity contribution is 0.471. The van der Waals surface area contributed by atoms with Crippen molar-refractivity contribution in [2.24, 2.45) is 0 Å². The standard InChI is InChI=1S/C14H15NO/c1-10-6-8-12(9-7-10)15-13-4-3-5-14(16)11(13)2/h3-9,15-16H,1-2H3. The Kier molecular flexibility index (Phi) is 2.82. The molecular weight excluding hydrogens is 198 g/mol. The summed E-state index contributed by atoms with van der Waals surface area (Å²) in [6, 6.07) is 13.6. The van der Waals surface area contributed by atoms with E-state index in [1.807, 2.05) is 31.2 Å². The first kappa shape index (κ1) is 10.6. The van der Waals surface area contributed by atoms with E-state index in [4.69, 9.17) is 0 Å². The summed E-state index contributed by atoms with van der Waals surface area (Å²) in [5.41, 5.74) is 4.06. The minimum atomic E-state index is 0.317. The van der Waals surface area contributed by atoms with Gasteiger partial charge in [0, 0.05) is 16.9 Å². The second-order valence-electron chi connectivity index (χ2n) is 3.94. The van der Waals surface area contributed by atoms with Gasteiger partial charge in [0.15, 0.2) is 0 Å². The Balaban J connectivity index is 2.27. The minimum Gasteiger partial charge on any atom is -0.508 e. The normalized spacial score (nSPS) is 10.1. The first-order valence-corrected chi connectivity index (χ1v) is 5.29. The summed E-state index contributed by atoms with van der Waals surface area (Å²) in [6.07, 6.45) is 0. The van der Waals surface area contributed by atoms with Gasteiger partial charge in [-0.15, -0.1) is 0 Å². The van der Waals surface area contributed by atoms with Crippen LogP contribution in [0.15, 0.2) is 42.5 Å². The Labute approximate surface area is 95.6 Å². The second-order valence-corrected chi connectivity index (χ2v) is 3.94. The van der Waals surface area contributed by atoms with Gasteiger partial charge in [-0.25, -0.2) is 0 Å². The number of anilines is 2. The molecule has 2 aromatic carbocycles. The maximum absolute atomic E-state index is 9.58. The van der Waals surface area contributed by atoms with Crippen molar-refractivity contribution in [1.29, 1.82) is 0 Å². The zero-order valence-corrected chi connectivity index (χ0v) is 9.49. The topological polar surface area (TPSA) is 32.3 Å². The largest absolute Gasteiger partial charge is 0.508 e. The smallest absolute Gasteiger partial charge is 0.120 e. The first-order valence-electron chi connectivity index (χ1n) is 5.29. The van der Waals surface area contributed by atoms with Gasteiger partial charge in [-0.3, -0.25) is 0 Å². The van der Waals surface area contributed by atoms with Crippen LogP contribution in [0.25, 0.3) is 0 Å². The van der Waals surface area contributed by atoms with Gasteiger partial charge in [0.25, 0.3) is 0 Å². The summed E-state index contributed by atoms with van der Waals surface area (Å²) in [6.45, 7) is 3.95. The number of phenolic OH excluding ortho intramolecular Hbond substituents is 1. The highest BCUT2D eigenvalue weighted by Crippen LogP contribution is 2.26. The summed E-state index contributed by atoms with van der Waals surface area (Å²) < 4.78 is 0. The van der Waals surface area contributed by atoms with Crippen molar-refractivity contribution in [3.05, 3.63) is 53.6 Å². The number of aromatic hydroxyl groups is 1. The molecule has 0 spiro atoms. The summed E-state index contributed by atoms with van der Waals surface area (Å²) >= 11 is 0. The van der Waals surface area contributed by atoms with Crippen LogP contribution in [0.5, 0.6) is 5.75 Å². The summed E-state index contributed by atoms with van der Waals surface area (Å²) in [4.78, 5) is 0. The van der Waals surface area contributed by atoms with Crippen LogP contribution in [0, 0.1) is 13.8 Å². The van der Waals surface area contributed by atoms with Crippen LogP contribution < -0.4 is 5.32 Å². The Morgan fingerprint density at radius 1 is 0.938 bits per heavy atom. The highest BCUT2D eigenvalue weighted by atomic mass is 16.3. The first-order chi connectivity index (χ1) is 7.66. The molecule has 0 bridgehead atoms. The third-order valence-corrected chi connectivity index (χ3v) is 2.64. The average Bonchev–Trinajstić information content (AvgIpc) is 2.28. The Bertz CT molecular complexity index is 489. The van der Waals surface area contributed by atoms with Crippen molar-refractivity contribution in [3.8, 4) is 5.75 Å². The van der Waals surface area contributed by atoms with Crippen LogP contribution in [0.4, 0.5) is 11.4 Å². The van der Waals surface area contributed by atoms with Crippen molar-refractivity contribution in [1.82, 2.24) is 0 Å². The molecule has 2 rings (SSSR count). The molecule has 0 radical (unpaired) electrons. The van der Waals surface area contributed by atoms with Gasteiger partial charge >= 0.3 is 0 Å². The van der Waals surface area contributed by atoms with Crippen molar-refractivity contribution >= 4 is 11.4 Å². The Morgan fingerprint density at radius 2 is 1.62 bits per heavy atom. The number of rotatable bonds is 2. The number of phenols is 1. The molecule has 0 aromatic heterocycles. The van der Waals surface area contributed by atoms with Gasteiger partial charge in [0.1, 0.15) is 5.75 Å². The van der Waals surface area contributed by atoms with Crippen molar-refractivity contribution in [3.63, 3.8) is 0 Å².